The molecule has 2 heterocycles. The summed E-state index contributed by atoms with van der Waals surface area (Å²) in [5, 5.41) is 2.69. The molecule has 2 rings (SSSR count). The second-order valence-electron chi connectivity index (χ2n) is 4.33. The number of nitrogens with one attached hydrogen (secondary N) is 1. The summed E-state index contributed by atoms with van der Waals surface area (Å²) in [6, 6.07) is 0. The lowest BCUT2D eigenvalue weighted by atomic mass is 10.1. The van der Waals surface area contributed by atoms with Crippen molar-refractivity contribution in [1.29, 1.82) is 0 Å². The smallest absolute Gasteiger partial charge is 0.211 e. The standard InChI is InChI=1S/C13H18N4O/c1-2-10-12(17-6-4-3-5-7-17)11(16-9-18)8-15-13(10)14/h2,8-9H,1,3-7H2,(H2,14,15)(H,16,18). The predicted molar refractivity (Wildman–Crippen MR) is 74.5 cm³/mol. The number of rotatable bonds is 4. The average Bonchev–Trinajstić information content (AvgIpc) is 2.41. The highest BCUT2D eigenvalue weighted by Gasteiger charge is 2.19. The summed E-state index contributed by atoms with van der Waals surface area (Å²) in [6.07, 6.45) is 7.51. The first-order chi connectivity index (χ1) is 8.77. The second-order valence-corrected chi connectivity index (χ2v) is 4.33. The van der Waals surface area contributed by atoms with Crippen LogP contribution in [0.4, 0.5) is 17.2 Å². The Bertz CT molecular complexity index is 453. The fourth-order valence-electron chi connectivity index (χ4n) is 2.36. The summed E-state index contributed by atoms with van der Waals surface area (Å²) >= 11 is 0. The van der Waals surface area contributed by atoms with E-state index in [1.807, 2.05) is 0 Å². The predicted octanol–water partition coefficient (Wildman–Crippen LogP) is 1.87. The number of carbonyl (C=O) groups is 1. The molecule has 18 heavy (non-hydrogen) atoms. The molecule has 0 unspecified atom stereocenters. The van der Waals surface area contributed by atoms with E-state index in [9.17, 15) is 4.79 Å². The van der Waals surface area contributed by atoms with Crippen molar-refractivity contribution >= 4 is 29.7 Å². The summed E-state index contributed by atoms with van der Waals surface area (Å²) < 4.78 is 0. The second kappa shape index (κ2) is 5.53. The van der Waals surface area contributed by atoms with Gasteiger partial charge in [-0.3, -0.25) is 4.79 Å². The van der Waals surface area contributed by atoms with E-state index in [-0.39, 0.29) is 0 Å². The Kier molecular flexibility index (Phi) is 3.82. The molecule has 1 aromatic heterocycles. The van der Waals surface area contributed by atoms with Gasteiger partial charge in [0.05, 0.1) is 17.6 Å². The van der Waals surface area contributed by atoms with Crippen molar-refractivity contribution in [1.82, 2.24) is 4.98 Å². The molecule has 1 aliphatic rings. The third kappa shape index (κ3) is 2.30. The van der Waals surface area contributed by atoms with Crippen LogP contribution in [0.25, 0.3) is 6.08 Å². The number of nitrogens with zero attached hydrogens (tertiary/aromatic N) is 2. The molecule has 0 atom stereocenters. The molecule has 1 fully saturated rings. The van der Waals surface area contributed by atoms with E-state index in [1.165, 1.54) is 6.42 Å². The lowest BCUT2D eigenvalue weighted by Crippen LogP contribution is -2.31. The zero-order valence-electron chi connectivity index (χ0n) is 10.4. The molecule has 1 aromatic rings. The van der Waals surface area contributed by atoms with E-state index >= 15 is 0 Å². The molecular weight excluding hydrogens is 228 g/mol. The SMILES string of the molecule is C=Cc1c(N)ncc(NC=O)c1N1CCCCC1. The van der Waals surface area contributed by atoms with Crippen LogP contribution in [0.5, 0.6) is 0 Å². The van der Waals surface area contributed by atoms with Gasteiger partial charge in [0, 0.05) is 18.7 Å². The third-order valence-corrected chi connectivity index (χ3v) is 3.21. The lowest BCUT2D eigenvalue weighted by Gasteiger charge is -2.31. The largest absolute Gasteiger partial charge is 0.383 e. The number of nitrogen functional groups attached to an aromatic ring is 1. The van der Waals surface area contributed by atoms with Crippen LogP contribution >= 0.6 is 0 Å². The quantitative estimate of drug-likeness (QED) is 0.795. The number of piperidine rings is 1. The molecule has 5 heteroatoms. The zero-order valence-corrected chi connectivity index (χ0v) is 10.4. The van der Waals surface area contributed by atoms with Crippen LogP contribution in [0.2, 0.25) is 0 Å². The first-order valence-electron chi connectivity index (χ1n) is 6.14. The number of aromatic nitrogens is 1. The van der Waals surface area contributed by atoms with Gasteiger partial charge in [-0.25, -0.2) is 4.98 Å². The minimum absolute atomic E-state index is 0.446. The van der Waals surface area contributed by atoms with Crippen molar-refractivity contribution < 1.29 is 4.79 Å². The van der Waals surface area contributed by atoms with E-state index in [0.717, 1.165) is 37.2 Å². The fraction of sp³-hybridized carbons (Fsp3) is 0.385. The van der Waals surface area contributed by atoms with Gasteiger partial charge >= 0.3 is 0 Å². The van der Waals surface area contributed by atoms with Crippen LogP contribution in [0.3, 0.4) is 0 Å². The normalized spacial score (nSPS) is 15.2. The van der Waals surface area contributed by atoms with Gasteiger partial charge in [-0.2, -0.15) is 0 Å². The van der Waals surface area contributed by atoms with Gasteiger partial charge in [0.25, 0.3) is 0 Å². The summed E-state index contributed by atoms with van der Waals surface area (Å²) in [5.74, 6) is 0.446. The molecule has 0 saturated carbocycles. The molecule has 3 N–H and O–H groups in total. The molecule has 0 bridgehead atoms. The maximum absolute atomic E-state index is 10.7. The van der Waals surface area contributed by atoms with Crippen LogP contribution in [0, 0.1) is 0 Å². The molecule has 1 amide bonds. The number of nitrogens with two attached hydrogens (primary N) is 1. The molecule has 96 valence electrons. The third-order valence-electron chi connectivity index (χ3n) is 3.21. The Labute approximate surface area is 107 Å². The van der Waals surface area contributed by atoms with Crippen molar-refractivity contribution in [2.75, 3.05) is 29.0 Å². The molecule has 1 saturated heterocycles. The minimum Gasteiger partial charge on any atom is -0.383 e. The highest BCUT2D eigenvalue weighted by Crippen LogP contribution is 2.34. The summed E-state index contributed by atoms with van der Waals surface area (Å²) in [4.78, 5) is 17.0. The molecule has 5 nitrogen and oxygen atoms in total. The van der Waals surface area contributed by atoms with Crippen LogP contribution < -0.4 is 16.0 Å². The molecule has 0 aliphatic carbocycles. The minimum atomic E-state index is 0.446. The van der Waals surface area contributed by atoms with Crippen LogP contribution in [0.15, 0.2) is 12.8 Å². The van der Waals surface area contributed by atoms with E-state index in [2.05, 4.69) is 21.8 Å². The van der Waals surface area contributed by atoms with Gasteiger partial charge in [-0.1, -0.05) is 12.7 Å². The van der Waals surface area contributed by atoms with Gasteiger partial charge < -0.3 is 16.0 Å². The van der Waals surface area contributed by atoms with Crippen molar-refractivity contribution in [2.45, 2.75) is 19.3 Å². The number of anilines is 3. The first kappa shape index (κ1) is 12.4. The molecule has 0 aromatic carbocycles. The Morgan fingerprint density at radius 3 is 2.72 bits per heavy atom. The van der Waals surface area contributed by atoms with E-state index in [1.54, 1.807) is 12.3 Å². The van der Waals surface area contributed by atoms with Gasteiger partial charge in [0.15, 0.2) is 0 Å². The van der Waals surface area contributed by atoms with E-state index < -0.39 is 0 Å². The molecule has 0 radical (unpaired) electrons. The van der Waals surface area contributed by atoms with Crippen LogP contribution in [-0.4, -0.2) is 24.5 Å². The number of amides is 1. The van der Waals surface area contributed by atoms with Gasteiger partial charge in [-0.15, -0.1) is 0 Å². The van der Waals surface area contributed by atoms with Crippen LogP contribution in [0.1, 0.15) is 24.8 Å². The molecule has 1 aliphatic heterocycles. The Morgan fingerprint density at radius 1 is 1.39 bits per heavy atom. The average molecular weight is 246 g/mol. The number of hydrogen-bond acceptors (Lipinski definition) is 4. The fourth-order valence-corrected chi connectivity index (χ4v) is 2.36. The van der Waals surface area contributed by atoms with E-state index in [4.69, 9.17) is 5.73 Å². The summed E-state index contributed by atoms with van der Waals surface area (Å²) in [5.41, 5.74) is 8.30. The van der Waals surface area contributed by atoms with Crippen molar-refractivity contribution in [2.24, 2.45) is 0 Å². The monoisotopic (exact) mass is 246 g/mol. The highest BCUT2D eigenvalue weighted by atomic mass is 16.1. The van der Waals surface area contributed by atoms with Crippen molar-refractivity contribution in [3.05, 3.63) is 18.3 Å². The summed E-state index contributed by atoms with van der Waals surface area (Å²) in [6.45, 7) is 5.73. The molecule has 0 spiro atoms. The number of pyridine rings is 1. The summed E-state index contributed by atoms with van der Waals surface area (Å²) in [7, 11) is 0. The van der Waals surface area contributed by atoms with Gasteiger partial charge in [0.2, 0.25) is 6.41 Å². The highest BCUT2D eigenvalue weighted by molar-refractivity contribution is 5.89. The number of carbonyl (C=O) groups excluding carboxylic acids is 1. The van der Waals surface area contributed by atoms with Crippen molar-refractivity contribution in [3.63, 3.8) is 0 Å². The maximum atomic E-state index is 10.7. The first-order valence-corrected chi connectivity index (χ1v) is 6.14. The topological polar surface area (TPSA) is 71.2 Å². The Morgan fingerprint density at radius 2 is 2.11 bits per heavy atom. The Hall–Kier alpha value is -2.04. The van der Waals surface area contributed by atoms with E-state index in [0.29, 0.717) is 17.9 Å². The maximum Gasteiger partial charge on any atom is 0.211 e. The van der Waals surface area contributed by atoms with Crippen molar-refractivity contribution in [3.8, 4) is 0 Å². The van der Waals surface area contributed by atoms with Gasteiger partial charge in [0.1, 0.15) is 5.82 Å². The van der Waals surface area contributed by atoms with Gasteiger partial charge in [-0.05, 0) is 19.3 Å². The Balaban J connectivity index is 2.47. The zero-order chi connectivity index (χ0) is 13.0. The number of hydrogen-bond donors (Lipinski definition) is 2. The molecular formula is C13H18N4O. The lowest BCUT2D eigenvalue weighted by molar-refractivity contribution is -0.105. The van der Waals surface area contributed by atoms with Crippen LogP contribution in [-0.2, 0) is 4.79 Å².